The summed E-state index contributed by atoms with van der Waals surface area (Å²) in [5.74, 6) is 1.26. The van der Waals surface area contributed by atoms with Crippen LogP contribution in [-0.2, 0) is 4.74 Å². The average molecular weight is 313 g/mol. The highest BCUT2D eigenvalue weighted by Crippen LogP contribution is 2.32. The molecule has 7 heteroatoms. The Hall–Kier alpha value is -2.38. The number of nitrogens with one attached hydrogen (secondary N) is 1. The van der Waals surface area contributed by atoms with E-state index in [-0.39, 0.29) is 6.10 Å². The van der Waals surface area contributed by atoms with Gasteiger partial charge in [0.2, 0.25) is 0 Å². The van der Waals surface area contributed by atoms with E-state index in [1.807, 2.05) is 12.1 Å². The lowest BCUT2D eigenvalue weighted by Crippen LogP contribution is -2.42. The van der Waals surface area contributed by atoms with Crippen LogP contribution >= 0.6 is 0 Å². The first-order valence-corrected chi connectivity index (χ1v) is 7.65. The lowest BCUT2D eigenvalue weighted by Gasteiger charge is -2.29. The number of hydrogen-bond donors (Lipinski definition) is 2. The van der Waals surface area contributed by atoms with Crippen molar-refractivity contribution in [1.82, 2.24) is 19.9 Å². The number of anilines is 1. The van der Waals surface area contributed by atoms with Gasteiger partial charge in [0, 0.05) is 24.7 Å². The largest absolute Gasteiger partial charge is 0.490 e. The number of H-pyrrole nitrogens is 1. The van der Waals surface area contributed by atoms with E-state index < -0.39 is 0 Å². The minimum Gasteiger partial charge on any atom is -0.490 e. The summed E-state index contributed by atoms with van der Waals surface area (Å²) in [5.41, 5.74) is 7.48. The van der Waals surface area contributed by atoms with Gasteiger partial charge < -0.3 is 25.1 Å². The summed E-state index contributed by atoms with van der Waals surface area (Å²) in [5, 5.41) is 1.90. The number of nitrogens with two attached hydrogens (primary N) is 1. The number of rotatable bonds is 3. The third-order valence-electron chi connectivity index (χ3n) is 4.13. The Morgan fingerprint density at radius 1 is 1.48 bits per heavy atom. The number of fused-ring (bicyclic) bond motifs is 3. The highest BCUT2D eigenvalue weighted by molar-refractivity contribution is 6.09. The molecule has 3 aromatic rings. The normalized spacial score (nSPS) is 19.4. The van der Waals surface area contributed by atoms with Crippen molar-refractivity contribution in [2.24, 2.45) is 0 Å². The Morgan fingerprint density at radius 3 is 3.26 bits per heavy atom. The Labute approximate surface area is 133 Å². The molecule has 0 radical (unpaired) electrons. The van der Waals surface area contributed by atoms with E-state index in [1.165, 1.54) is 0 Å². The van der Waals surface area contributed by atoms with Crippen molar-refractivity contribution in [2.45, 2.75) is 6.10 Å². The number of ether oxygens (including phenoxy) is 2. The molecule has 7 nitrogen and oxygen atoms in total. The standard InChI is InChI=1S/C16H19N5O2/c1-21-4-5-22-10(8-21)9-23-13-2-3-18-16-15(13)11-6-14(17)19-7-12(11)20-16/h2-3,6-7,10H,4-5,8-9H2,1H3,(H2,17,19)(H,18,20)/t10-/m1/s1. The number of likely N-dealkylation sites (N-methyl/N-ethyl adjacent to an activating group) is 1. The van der Waals surface area contributed by atoms with E-state index in [9.17, 15) is 0 Å². The van der Waals surface area contributed by atoms with Crippen LogP contribution in [0.2, 0.25) is 0 Å². The molecule has 0 aromatic carbocycles. The van der Waals surface area contributed by atoms with Gasteiger partial charge in [-0.1, -0.05) is 0 Å². The molecule has 0 amide bonds. The van der Waals surface area contributed by atoms with Gasteiger partial charge in [0.1, 0.15) is 29.9 Å². The molecule has 0 saturated carbocycles. The number of aromatic nitrogens is 3. The lowest BCUT2D eigenvalue weighted by atomic mass is 10.2. The fourth-order valence-electron chi connectivity index (χ4n) is 2.98. The van der Waals surface area contributed by atoms with Gasteiger partial charge in [0.25, 0.3) is 0 Å². The molecular formula is C16H19N5O2. The van der Waals surface area contributed by atoms with E-state index in [0.717, 1.165) is 47.4 Å². The maximum Gasteiger partial charge on any atom is 0.142 e. The van der Waals surface area contributed by atoms with E-state index in [0.29, 0.717) is 12.4 Å². The Morgan fingerprint density at radius 2 is 2.39 bits per heavy atom. The molecule has 3 N–H and O–H groups in total. The van der Waals surface area contributed by atoms with E-state index in [1.54, 1.807) is 12.4 Å². The summed E-state index contributed by atoms with van der Waals surface area (Å²) in [7, 11) is 2.09. The summed E-state index contributed by atoms with van der Waals surface area (Å²) < 4.78 is 11.8. The molecule has 0 spiro atoms. The van der Waals surface area contributed by atoms with Gasteiger partial charge in [-0.25, -0.2) is 9.97 Å². The first-order chi connectivity index (χ1) is 11.2. The monoisotopic (exact) mass is 313 g/mol. The van der Waals surface area contributed by atoms with Gasteiger partial charge in [-0.3, -0.25) is 0 Å². The molecule has 1 saturated heterocycles. The zero-order chi connectivity index (χ0) is 15.8. The highest BCUT2D eigenvalue weighted by Gasteiger charge is 2.19. The van der Waals surface area contributed by atoms with Crippen LogP contribution in [0.5, 0.6) is 5.75 Å². The molecule has 23 heavy (non-hydrogen) atoms. The number of nitrogen functional groups attached to an aromatic ring is 1. The topological polar surface area (TPSA) is 89.3 Å². The molecule has 120 valence electrons. The second kappa shape index (κ2) is 5.68. The van der Waals surface area contributed by atoms with E-state index >= 15 is 0 Å². The molecule has 1 atom stereocenters. The molecule has 4 rings (SSSR count). The summed E-state index contributed by atoms with van der Waals surface area (Å²) in [6.45, 7) is 3.09. The van der Waals surface area contributed by atoms with Crippen molar-refractivity contribution in [3.8, 4) is 5.75 Å². The van der Waals surface area contributed by atoms with Crippen LogP contribution in [0.15, 0.2) is 24.5 Å². The van der Waals surface area contributed by atoms with Gasteiger partial charge in [0.15, 0.2) is 0 Å². The van der Waals surface area contributed by atoms with Gasteiger partial charge >= 0.3 is 0 Å². The number of aromatic amines is 1. The van der Waals surface area contributed by atoms with Crippen LogP contribution in [0.4, 0.5) is 5.82 Å². The van der Waals surface area contributed by atoms with Gasteiger partial charge in [0.05, 0.1) is 23.7 Å². The second-order valence-corrected chi connectivity index (χ2v) is 5.88. The maximum atomic E-state index is 6.04. The zero-order valence-electron chi connectivity index (χ0n) is 13.0. The molecule has 4 heterocycles. The Bertz CT molecular complexity index is 847. The average Bonchev–Trinajstić information content (AvgIpc) is 2.91. The minimum atomic E-state index is 0.0777. The van der Waals surface area contributed by atoms with Crippen LogP contribution in [0, 0.1) is 0 Å². The highest BCUT2D eigenvalue weighted by atomic mass is 16.5. The molecule has 0 bridgehead atoms. The van der Waals surface area contributed by atoms with Crippen molar-refractivity contribution in [2.75, 3.05) is 39.1 Å². The van der Waals surface area contributed by atoms with Crippen LogP contribution in [-0.4, -0.2) is 59.3 Å². The molecule has 1 fully saturated rings. The first-order valence-electron chi connectivity index (χ1n) is 7.65. The maximum absolute atomic E-state index is 6.04. The molecule has 1 aliphatic rings. The third-order valence-corrected chi connectivity index (χ3v) is 4.13. The smallest absolute Gasteiger partial charge is 0.142 e. The fourth-order valence-corrected chi connectivity index (χ4v) is 2.98. The van der Waals surface area contributed by atoms with Crippen LogP contribution in [0.3, 0.4) is 0 Å². The van der Waals surface area contributed by atoms with E-state index in [2.05, 4.69) is 26.9 Å². The van der Waals surface area contributed by atoms with Crippen molar-refractivity contribution < 1.29 is 9.47 Å². The summed E-state index contributed by atoms with van der Waals surface area (Å²) >= 11 is 0. The summed E-state index contributed by atoms with van der Waals surface area (Å²) in [6.07, 6.45) is 3.53. The predicted molar refractivity (Wildman–Crippen MR) is 88.5 cm³/mol. The van der Waals surface area contributed by atoms with Crippen LogP contribution < -0.4 is 10.5 Å². The third kappa shape index (κ3) is 2.69. The quantitative estimate of drug-likeness (QED) is 0.760. The Balaban J connectivity index is 1.66. The summed E-state index contributed by atoms with van der Waals surface area (Å²) in [4.78, 5) is 14.0. The minimum absolute atomic E-state index is 0.0777. The van der Waals surface area contributed by atoms with Crippen molar-refractivity contribution in [3.63, 3.8) is 0 Å². The van der Waals surface area contributed by atoms with Crippen molar-refractivity contribution in [3.05, 3.63) is 24.5 Å². The zero-order valence-corrected chi connectivity index (χ0v) is 13.0. The van der Waals surface area contributed by atoms with Crippen LogP contribution in [0.1, 0.15) is 0 Å². The predicted octanol–water partition coefficient (Wildman–Crippen LogP) is 1.40. The SMILES string of the molecule is CN1CCO[C@@H](COc2ccnc3[nH]c4cnc(N)cc4c23)C1. The number of pyridine rings is 2. The number of morpholine rings is 1. The lowest BCUT2D eigenvalue weighted by molar-refractivity contribution is -0.0401. The van der Waals surface area contributed by atoms with Gasteiger partial charge in [-0.2, -0.15) is 0 Å². The van der Waals surface area contributed by atoms with E-state index in [4.69, 9.17) is 15.2 Å². The fraction of sp³-hybridized carbons (Fsp3) is 0.375. The summed E-state index contributed by atoms with van der Waals surface area (Å²) in [6, 6.07) is 3.71. The number of nitrogens with zero attached hydrogens (tertiary/aromatic N) is 3. The second-order valence-electron chi connectivity index (χ2n) is 5.88. The van der Waals surface area contributed by atoms with Crippen molar-refractivity contribution >= 4 is 27.8 Å². The molecular weight excluding hydrogens is 294 g/mol. The van der Waals surface area contributed by atoms with Crippen molar-refractivity contribution in [1.29, 1.82) is 0 Å². The van der Waals surface area contributed by atoms with Gasteiger partial charge in [-0.05, 0) is 19.2 Å². The molecule has 0 unspecified atom stereocenters. The Kier molecular flexibility index (Phi) is 3.51. The van der Waals surface area contributed by atoms with Crippen LogP contribution in [0.25, 0.3) is 21.9 Å². The first kappa shape index (κ1) is 14.2. The number of hydrogen-bond acceptors (Lipinski definition) is 6. The van der Waals surface area contributed by atoms with Gasteiger partial charge in [-0.15, -0.1) is 0 Å². The molecule has 0 aliphatic carbocycles. The molecule has 1 aliphatic heterocycles. The molecule has 3 aromatic heterocycles.